The number of carbonyl (C=O) groups excluding carboxylic acids is 1. The Morgan fingerprint density at radius 3 is 2.43 bits per heavy atom. The monoisotopic (exact) mass is 323 g/mol. The van der Waals surface area contributed by atoms with Gasteiger partial charge in [-0.2, -0.15) is 5.10 Å². The molecule has 1 aromatic heterocycles. The number of hydrogen-bond acceptors (Lipinski definition) is 3. The molecule has 0 aliphatic carbocycles. The van der Waals surface area contributed by atoms with Crippen molar-refractivity contribution in [3.63, 3.8) is 0 Å². The highest BCUT2D eigenvalue weighted by atomic mass is 32.2. The summed E-state index contributed by atoms with van der Waals surface area (Å²) in [6.45, 7) is 2.04. The smallest absolute Gasteiger partial charge is 0.273 e. The summed E-state index contributed by atoms with van der Waals surface area (Å²) in [4.78, 5) is 13.4. The highest BCUT2D eigenvalue weighted by Gasteiger charge is 2.11. The normalized spacial score (nSPS) is 10.5. The van der Waals surface area contributed by atoms with Gasteiger partial charge in [0.2, 0.25) is 0 Å². The van der Waals surface area contributed by atoms with Crippen LogP contribution in [0.4, 0.5) is 5.69 Å². The van der Waals surface area contributed by atoms with Gasteiger partial charge < -0.3 is 5.32 Å². The summed E-state index contributed by atoms with van der Waals surface area (Å²) in [6, 6.07) is 17.5. The maximum Gasteiger partial charge on any atom is 0.273 e. The van der Waals surface area contributed by atoms with Gasteiger partial charge in [-0.15, -0.1) is 11.8 Å². The second-order valence-corrected chi connectivity index (χ2v) is 6.10. The van der Waals surface area contributed by atoms with Crippen LogP contribution in [0.3, 0.4) is 0 Å². The van der Waals surface area contributed by atoms with Crippen molar-refractivity contribution < 1.29 is 4.79 Å². The third-order valence-corrected chi connectivity index (χ3v) is 4.26. The van der Waals surface area contributed by atoms with Gasteiger partial charge in [0.1, 0.15) is 5.69 Å². The van der Waals surface area contributed by atoms with Crippen LogP contribution in [0.1, 0.15) is 16.1 Å². The Bertz CT molecular complexity index is 807. The molecule has 23 heavy (non-hydrogen) atoms. The van der Waals surface area contributed by atoms with E-state index >= 15 is 0 Å². The minimum atomic E-state index is -0.201. The number of nitrogens with one attached hydrogen (secondary N) is 2. The highest BCUT2D eigenvalue weighted by Crippen LogP contribution is 2.20. The number of rotatable bonds is 4. The SMILES string of the molecule is CSc1ccc(NC(=O)c2cc(-c3ccc(C)cc3)n[nH]2)cc1. The first-order chi connectivity index (χ1) is 11.2. The summed E-state index contributed by atoms with van der Waals surface area (Å²) in [6.07, 6.45) is 2.02. The predicted octanol–water partition coefficient (Wildman–Crippen LogP) is 4.36. The fraction of sp³-hybridized carbons (Fsp3) is 0.111. The predicted molar refractivity (Wildman–Crippen MR) is 94.9 cm³/mol. The summed E-state index contributed by atoms with van der Waals surface area (Å²) in [5.74, 6) is -0.201. The molecule has 1 heterocycles. The van der Waals surface area contributed by atoms with Crippen molar-refractivity contribution in [2.75, 3.05) is 11.6 Å². The quantitative estimate of drug-likeness (QED) is 0.701. The van der Waals surface area contributed by atoms with Gasteiger partial charge in [0, 0.05) is 16.1 Å². The van der Waals surface area contributed by atoms with Gasteiger partial charge in [-0.1, -0.05) is 29.8 Å². The molecule has 3 aromatic rings. The van der Waals surface area contributed by atoms with E-state index < -0.39 is 0 Å². The first-order valence-electron chi connectivity index (χ1n) is 7.23. The fourth-order valence-electron chi connectivity index (χ4n) is 2.18. The Labute approximate surface area is 139 Å². The molecule has 116 valence electrons. The van der Waals surface area contributed by atoms with Crippen molar-refractivity contribution in [2.24, 2.45) is 0 Å². The molecule has 0 spiro atoms. The van der Waals surface area contributed by atoms with Gasteiger partial charge in [-0.05, 0) is 43.5 Å². The minimum Gasteiger partial charge on any atom is -0.321 e. The molecule has 0 unspecified atom stereocenters. The van der Waals surface area contributed by atoms with Gasteiger partial charge >= 0.3 is 0 Å². The standard InChI is InChI=1S/C18H17N3OS/c1-12-3-5-13(6-4-12)16-11-17(21-20-16)18(22)19-14-7-9-15(23-2)10-8-14/h3-11H,1-2H3,(H,19,22)(H,20,21). The molecule has 2 N–H and O–H groups in total. The van der Waals surface area contributed by atoms with E-state index in [4.69, 9.17) is 0 Å². The molecule has 0 radical (unpaired) electrons. The van der Waals surface area contributed by atoms with Crippen LogP contribution in [0.5, 0.6) is 0 Å². The second-order valence-electron chi connectivity index (χ2n) is 5.22. The Morgan fingerprint density at radius 2 is 1.78 bits per heavy atom. The zero-order chi connectivity index (χ0) is 16.2. The Balaban J connectivity index is 1.74. The van der Waals surface area contributed by atoms with Crippen molar-refractivity contribution in [1.82, 2.24) is 10.2 Å². The number of aromatic nitrogens is 2. The van der Waals surface area contributed by atoms with E-state index in [1.54, 1.807) is 17.8 Å². The first kappa shape index (κ1) is 15.4. The van der Waals surface area contributed by atoms with Gasteiger partial charge in [-0.25, -0.2) is 0 Å². The fourth-order valence-corrected chi connectivity index (χ4v) is 2.59. The molecular formula is C18H17N3OS. The summed E-state index contributed by atoms with van der Waals surface area (Å²) >= 11 is 1.67. The van der Waals surface area contributed by atoms with Crippen LogP contribution in [0.25, 0.3) is 11.3 Å². The third kappa shape index (κ3) is 3.63. The maximum atomic E-state index is 12.3. The number of anilines is 1. The van der Waals surface area contributed by atoms with Crippen LogP contribution in [-0.2, 0) is 0 Å². The lowest BCUT2D eigenvalue weighted by Gasteiger charge is -2.04. The molecule has 0 saturated carbocycles. The van der Waals surface area contributed by atoms with E-state index in [0.29, 0.717) is 5.69 Å². The molecule has 0 aliphatic heterocycles. The molecule has 0 saturated heterocycles. The lowest BCUT2D eigenvalue weighted by atomic mass is 10.1. The van der Waals surface area contributed by atoms with E-state index in [1.807, 2.05) is 61.7 Å². The molecule has 5 heteroatoms. The molecule has 2 aromatic carbocycles. The molecule has 4 nitrogen and oxygen atoms in total. The molecule has 0 fully saturated rings. The van der Waals surface area contributed by atoms with Crippen LogP contribution < -0.4 is 5.32 Å². The van der Waals surface area contributed by atoms with Gasteiger partial charge in [0.05, 0.1) is 5.69 Å². The summed E-state index contributed by atoms with van der Waals surface area (Å²) < 4.78 is 0. The lowest BCUT2D eigenvalue weighted by Crippen LogP contribution is -2.12. The maximum absolute atomic E-state index is 12.3. The number of benzene rings is 2. The average Bonchev–Trinajstić information content (AvgIpc) is 3.06. The number of aryl methyl sites for hydroxylation is 1. The van der Waals surface area contributed by atoms with Crippen molar-refractivity contribution in [1.29, 1.82) is 0 Å². The second kappa shape index (κ2) is 6.71. The Kier molecular flexibility index (Phi) is 4.48. The Hall–Kier alpha value is -2.53. The topological polar surface area (TPSA) is 57.8 Å². The van der Waals surface area contributed by atoms with Crippen molar-refractivity contribution in [2.45, 2.75) is 11.8 Å². The lowest BCUT2D eigenvalue weighted by molar-refractivity contribution is 0.102. The molecular weight excluding hydrogens is 306 g/mol. The molecule has 0 bridgehead atoms. The Morgan fingerprint density at radius 1 is 1.09 bits per heavy atom. The first-order valence-corrected chi connectivity index (χ1v) is 8.46. The van der Waals surface area contributed by atoms with E-state index in [-0.39, 0.29) is 5.91 Å². The van der Waals surface area contributed by atoms with E-state index in [2.05, 4.69) is 15.5 Å². The summed E-state index contributed by atoms with van der Waals surface area (Å²) in [7, 11) is 0. The number of amides is 1. The van der Waals surface area contributed by atoms with Crippen molar-refractivity contribution in [3.05, 3.63) is 65.9 Å². The number of carbonyl (C=O) groups is 1. The van der Waals surface area contributed by atoms with Crippen molar-refractivity contribution >= 4 is 23.4 Å². The molecule has 0 atom stereocenters. The minimum absolute atomic E-state index is 0.201. The van der Waals surface area contributed by atoms with Gasteiger partial charge in [0.25, 0.3) is 5.91 Å². The number of thioether (sulfide) groups is 1. The summed E-state index contributed by atoms with van der Waals surface area (Å²) in [5.41, 5.74) is 4.13. The van der Waals surface area contributed by atoms with Gasteiger partial charge in [-0.3, -0.25) is 9.89 Å². The molecule has 1 amide bonds. The number of nitrogens with zero attached hydrogens (tertiary/aromatic N) is 1. The van der Waals surface area contributed by atoms with E-state index in [1.165, 1.54) is 5.56 Å². The van der Waals surface area contributed by atoms with Gasteiger partial charge in [0.15, 0.2) is 0 Å². The highest BCUT2D eigenvalue weighted by molar-refractivity contribution is 7.98. The number of aromatic amines is 1. The average molecular weight is 323 g/mol. The zero-order valence-corrected chi connectivity index (χ0v) is 13.8. The van der Waals surface area contributed by atoms with Crippen LogP contribution in [-0.4, -0.2) is 22.4 Å². The summed E-state index contributed by atoms with van der Waals surface area (Å²) in [5, 5.41) is 9.88. The van der Waals surface area contributed by atoms with E-state index in [0.717, 1.165) is 21.8 Å². The van der Waals surface area contributed by atoms with Crippen molar-refractivity contribution in [3.8, 4) is 11.3 Å². The number of hydrogen-bond donors (Lipinski definition) is 2. The molecule has 3 rings (SSSR count). The number of H-pyrrole nitrogens is 1. The van der Waals surface area contributed by atoms with Crippen LogP contribution >= 0.6 is 11.8 Å². The largest absolute Gasteiger partial charge is 0.321 e. The van der Waals surface area contributed by atoms with Crippen LogP contribution in [0.2, 0.25) is 0 Å². The molecule has 0 aliphatic rings. The van der Waals surface area contributed by atoms with Crippen LogP contribution in [0.15, 0.2) is 59.5 Å². The van der Waals surface area contributed by atoms with E-state index in [9.17, 15) is 4.79 Å². The third-order valence-electron chi connectivity index (χ3n) is 3.52. The zero-order valence-electron chi connectivity index (χ0n) is 13.0. The van der Waals surface area contributed by atoms with Crippen LogP contribution in [0, 0.1) is 6.92 Å².